The molecule has 3 nitrogen and oxygen atoms in total. The Labute approximate surface area is 102 Å². The number of hydrogen-bond donors (Lipinski definition) is 2. The van der Waals surface area contributed by atoms with Gasteiger partial charge in [0.15, 0.2) is 0 Å². The third-order valence-corrected chi connectivity index (χ3v) is 3.50. The van der Waals surface area contributed by atoms with Gasteiger partial charge in [0.1, 0.15) is 0 Å². The van der Waals surface area contributed by atoms with E-state index in [2.05, 4.69) is 11.4 Å². The lowest BCUT2D eigenvalue weighted by Gasteiger charge is -2.15. The summed E-state index contributed by atoms with van der Waals surface area (Å²) in [6.07, 6.45) is 2.19. The molecule has 2 rings (SSSR count). The Morgan fingerprint density at radius 2 is 2.06 bits per heavy atom. The molecule has 1 fully saturated rings. The van der Waals surface area contributed by atoms with Crippen molar-refractivity contribution in [3.05, 3.63) is 35.9 Å². The van der Waals surface area contributed by atoms with Crippen molar-refractivity contribution in [2.24, 2.45) is 5.41 Å². The summed E-state index contributed by atoms with van der Waals surface area (Å²) < 4.78 is 0. The fourth-order valence-corrected chi connectivity index (χ4v) is 1.97. The first kappa shape index (κ1) is 12.1. The summed E-state index contributed by atoms with van der Waals surface area (Å²) in [4.78, 5) is 0. The van der Waals surface area contributed by atoms with Crippen LogP contribution >= 0.6 is 0 Å². The summed E-state index contributed by atoms with van der Waals surface area (Å²) in [6.45, 7) is 1.72. The van der Waals surface area contributed by atoms with Gasteiger partial charge in [0.25, 0.3) is 0 Å². The molecule has 1 aliphatic rings. The molecule has 17 heavy (non-hydrogen) atoms. The SMILES string of the molecule is N#CC(CNCC1(CO)CC1)c1ccccc1. The lowest BCUT2D eigenvalue weighted by molar-refractivity contribution is 0.208. The van der Waals surface area contributed by atoms with Gasteiger partial charge < -0.3 is 10.4 Å². The average Bonchev–Trinajstić information content (AvgIpc) is 3.16. The monoisotopic (exact) mass is 230 g/mol. The Kier molecular flexibility index (Phi) is 3.78. The largest absolute Gasteiger partial charge is 0.396 e. The predicted octanol–water partition coefficient (Wildman–Crippen LogP) is 1.66. The Morgan fingerprint density at radius 3 is 2.59 bits per heavy atom. The van der Waals surface area contributed by atoms with E-state index in [9.17, 15) is 5.11 Å². The van der Waals surface area contributed by atoms with Gasteiger partial charge in [0.05, 0.1) is 12.0 Å². The van der Waals surface area contributed by atoms with E-state index < -0.39 is 0 Å². The van der Waals surface area contributed by atoms with Crippen LogP contribution in [0.25, 0.3) is 0 Å². The van der Waals surface area contributed by atoms with Crippen molar-refractivity contribution in [3.8, 4) is 6.07 Å². The quantitative estimate of drug-likeness (QED) is 0.781. The lowest BCUT2D eigenvalue weighted by Crippen LogP contribution is -2.29. The smallest absolute Gasteiger partial charge is 0.0837 e. The second-order valence-electron chi connectivity index (χ2n) is 4.88. The van der Waals surface area contributed by atoms with Crippen molar-refractivity contribution in [1.29, 1.82) is 5.26 Å². The number of rotatable bonds is 6. The minimum Gasteiger partial charge on any atom is -0.396 e. The van der Waals surface area contributed by atoms with Crippen molar-refractivity contribution in [1.82, 2.24) is 5.32 Å². The number of aliphatic hydroxyl groups is 1. The molecule has 1 unspecified atom stereocenters. The predicted molar refractivity (Wildman–Crippen MR) is 66.4 cm³/mol. The summed E-state index contributed by atoms with van der Waals surface area (Å²) >= 11 is 0. The van der Waals surface area contributed by atoms with Gasteiger partial charge >= 0.3 is 0 Å². The molecule has 1 aromatic carbocycles. The van der Waals surface area contributed by atoms with E-state index in [4.69, 9.17) is 5.26 Å². The molecule has 1 aromatic rings. The molecule has 1 atom stereocenters. The summed E-state index contributed by atoms with van der Waals surface area (Å²) in [7, 11) is 0. The first-order valence-corrected chi connectivity index (χ1v) is 6.06. The minimum atomic E-state index is -0.106. The number of nitrogens with one attached hydrogen (secondary N) is 1. The highest BCUT2D eigenvalue weighted by atomic mass is 16.3. The standard InChI is InChI=1S/C14H18N2O/c15-8-13(12-4-2-1-3-5-12)9-16-10-14(11-17)6-7-14/h1-5,13,16-17H,6-7,9-11H2. The second-order valence-corrected chi connectivity index (χ2v) is 4.88. The lowest BCUT2D eigenvalue weighted by atomic mass is 10.0. The number of nitrogens with zero attached hydrogens (tertiary/aromatic N) is 1. The zero-order chi connectivity index (χ0) is 12.1. The van der Waals surface area contributed by atoms with Gasteiger partial charge in [-0.15, -0.1) is 0 Å². The van der Waals surface area contributed by atoms with E-state index in [-0.39, 0.29) is 17.9 Å². The third-order valence-electron chi connectivity index (χ3n) is 3.50. The van der Waals surface area contributed by atoms with Gasteiger partial charge in [0.2, 0.25) is 0 Å². The highest BCUT2D eigenvalue weighted by molar-refractivity contribution is 5.25. The molecule has 0 aliphatic heterocycles. The van der Waals surface area contributed by atoms with Crippen molar-refractivity contribution in [3.63, 3.8) is 0 Å². The Bertz CT molecular complexity index is 392. The van der Waals surface area contributed by atoms with Gasteiger partial charge in [-0.05, 0) is 18.4 Å². The third kappa shape index (κ3) is 3.06. The Morgan fingerprint density at radius 1 is 1.35 bits per heavy atom. The summed E-state index contributed by atoms with van der Waals surface area (Å²) in [6, 6.07) is 12.1. The normalized spacial score (nSPS) is 18.4. The maximum Gasteiger partial charge on any atom is 0.0837 e. The van der Waals surface area contributed by atoms with Gasteiger partial charge in [-0.2, -0.15) is 5.26 Å². The molecule has 0 bridgehead atoms. The minimum absolute atomic E-state index is 0.106. The average molecular weight is 230 g/mol. The van der Waals surface area contributed by atoms with Crippen molar-refractivity contribution in [2.45, 2.75) is 18.8 Å². The number of aliphatic hydroxyl groups excluding tert-OH is 1. The van der Waals surface area contributed by atoms with Crippen molar-refractivity contribution < 1.29 is 5.11 Å². The molecule has 3 heteroatoms. The van der Waals surface area contributed by atoms with Gasteiger partial charge in [-0.3, -0.25) is 0 Å². The summed E-state index contributed by atoms with van der Waals surface area (Å²) in [5.74, 6) is -0.106. The highest BCUT2D eigenvalue weighted by Crippen LogP contribution is 2.44. The van der Waals surface area contributed by atoms with Crippen LogP contribution in [0.1, 0.15) is 24.3 Å². The Balaban J connectivity index is 1.83. The van der Waals surface area contributed by atoms with E-state index in [1.54, 1.807) is 0 Å². The topological polar surface area (TPSA) is 56.0 Å². The van der Waals surface area contributed by atoms with E-state index in [1.807, 2.05) is 30.3 Å². The molecular weight excluding hydrogens is 212 g/mol. The van der Waals surface area contributed by atoms with Crippen LogP contribution in [0.4, 0.5) is 0 Å². The molecule has 0 saturated heterocycles. The van der Waals surface area contributed by atoms with Crippen LogP contribution in [-0.2, 0) is 0 Å². The van der Waals surface area contributed by atoms with Gasteiger partial charge in [0, 0.05) is 25.1 Å². The van der Waals surface area contributed by atoms with E-state index in [1.165, 1.54) is 0 Å². The first-order valence-electron chi connectivity index (χ1n) is 6.06. The second kappa shape index (κ2) is 5.31. The summed E-state index contributed by atoms with van der Waals surface area (Å²) in [5, 5.41) is 21.6. The van der Waals surface area contributed by atoms with Crippen molar-refractivity contribution in [2.75, 3.05) is 19.7 Å². The molecular formula is C14H18N2O. The molecule has 2 N–H and O–H groups in total. The first-order chi connectivity index (χ1) is 8.29. The number of hydrogen-bond acceptors (Lipinski definition) is 3. The molecule has 1 aliphatic carbocycles. The van der Waals surface area contributed by atoms with Crippen LogP contribution in [0.2, 0.25) is 0 Å². The molecule has 0 spiro atoms. The molecule has 0 radical (unpaired) electrons. The summed E-state index contributed by atoms with van der Waals surface area (Å²) in [5.41, 5.74) is 1.16. The van der Waals surface area contributed by atoms with Crippen LogP contribution in [0, 0.1) is 16.7 Å². The van der Waals surface area contributed by atoms with Crippen molar-refractivity contribution >= 4 is 0 Å². The fraction of sp³-hybridized carbons (Fsp3) is 0.500. The maximum absolute atomic E-state index is 9.19. The molecule has 1 saturated carbocycles. The van der Waals surface area contributed by atoms with E-state index in [0.717, 1.165) is 24.9 Å². The van der Waals surface area contributed by atoms with Crippen LogP contribution in [-0.4, -0.2) is 24.8 Å². The molecule has 90 valence electrons. The zero-order valence-corrected chi connectivity index (χ0v) is 9.89. The van der Waals surface area contributed by atoms with E-state index >= 15 is 0 Å². The maximum atomic E-state index is 9.19. The van der Waals surface area contributed by atoms with Crippen LogP contribution < -0.4 is 5.32 Å². The van der Waals surface area contributed by atoms with E-state index in [0.29, 0.717) is 6.54 Å². The number of benzene rings is 1. The van der Waals surface area contributed by atoms with Gasteiger partial charge in [-0.1, -0.05) is 30.3 Å². The molecule has 0 aromatic heterocycles. The molecule has 0 amide bonds. The highest BCUT2D eigenvalue weighted by Gasteiger charge is 2.41. The fourth-order valence-electron chi connectivity index (χ4n) is 1.97. The van der Waals surface area contributed by atoms with Crippen LogP contribution in [0.5, 0.6) is 0 Å². The van der Waals surface area contributed by atoms with Gasteiger partial charge in [-0.25, -0.2) is 0 Å². The zero-order valence-electron chi connectivity index (χ0n) is 9.89. The number of nitriles is 1. The van der Waals surface area contributed by atoms with Crippen LogP contribution in [0.3, 0.4) is 0 Å². The Hall–Kier alpha value is -1.37. The van der Waals surface area contributed by atoms with Crippen LogP contribution in [0.15, 0.2) is 30.3 Å². The molecule has 0 heterocycles.